The Bertz CT molecular complexity index is 962. The van der Waals surface area contributed by atoms with E-state index in [1.54, 1.807) is 36.7 Å². The third-order valence-electron chi connectivity index (χ3n) is 4.00. The molecule has 0 aliphatic rings. The molecule has 2 nitrogen and oxygen atoms in total. The number of hydrogen-bond acceptors (Lipinski definition) is 2. The normalized spacial score (nSPS) is 14.6. The molecule has 180 valence electrons. The molecule has 0 amide bonds. The zero-order chi connectivity index (χ0) is 26.2. The summed E-state index contributed by atoms with van der Waals surface area (Å²) in [6.45, 7) is 27.3. The van der Waals surface area contributed by atoms with Gasteiger partial charge in [-0.15, -0.1) is 0 Å². The van der Waals surface area contributed by atoms with Crippen molar-refractivity contribution in [2.24, 2.45) is 9.98 Å². The molecule has 0 aliphatic heterocycles. The van der Waals surface area contributed by atoms with Crippen molar-refractivity contribution in [3.63, 3.8) is 0 Å². The lowest BCUT2D eigenvalue weighted by Gasteiger charge is -1.97. The average molecular weight is 455 g/mol. The minimum atomic E-state index is 0.712. The molecule has 0 radical (unpaired) electrons. The molecule has 34 heavy (non-hydrogen) atoms. The Labute approximate surface area is 209 Å². The van der Waals surface area contributed by atoms with Crippen LogP contribution < -0.4 is 0 Å². The minimum absolute atomic E-state index is 0.712. The molecule has 0 saturated carbocycles. The van der Waals surface area contributed by atoms with Crippen molar-refractivity contribution in [3.8, 4) is 0 Å². The van der Waals surface area contributed by atoms with Crippen molar-refractivity contribution in [3.05, 3.63) is 145 Å². The van der Waals surface area contributed by atoms with Crippen LogP contribution in [0.4, 0.5) is 0 Å². The highest BCUT2D eigenvalue weighted by molar-refractivity contribution is 5.84. The van der Waals surface area contributed by atoms with E-state index in [0.29, 0.717) is 5.70 Å². The van der Waals surface area contributed by atoms with E-state index in [4.69, 9.17) is 0 Å². The van der Waals surface area contributed by atoms with Crippen LogP contribution in [0.5, 0.6) is 0 Å². The van der Waals surface area contributed by atoms with Gasteiger partial charge in [-0.2, -0.15) is 0 Å². The molecular formula is C32H42N2. The first kappa shape index (κ1) is 32.4. The van der Waals surface area contributed by atoms with E-state index in [9.17, 15) is 0 Å². The second-order valence-electron chi connectivity index (χ2n) is 6.67. The van der Waals surface area contributed by atoms with Gasteiger partial charge in [-0.25, -0.2) is 0 Å². The van der Waals surface area contributed by atoms with Gasteiger partial charge in [0.05, 0.1) is 11.4 Å². The van der Waals surface area contributed by atoms with Crippen molar-refractivity contribution in [2.45, 2.75) is 41.5 Å². The highest BCUT2D eigenvalue weighted by Gasteiger charge is 1.91. The Kier molecular flexibility index (Phi) is 21.4. The monoisotopic (exact) mass is 454 g/mol. The predicted molar refractivity (Wildman–Crippen MR) is 159 cm³/mol. The fourth-order valence-electron chi connectivity index (χ4n) is 2.11. The van der Waals surface area contributed by atoms with Crippen LogP contribution in [0.15, 0.2) is 155 Å². The van der Waals surface area contributed by atoms with Gasteiger partial charge < -0.3 is 0 Å². The molecule has 0 atom stereocenters. The van der Waals surface area contributed by atoms with E-state index in [1.807, 2.05) is 102 Å². The van der Waals surface area contributed by atoms with Gasteiger partial charge in [0.2, 0.25) is 0 Å². The van der Waals surface area contributed by atoms with Crippen LogP contribution in [0, 0.1) is 0 Å². The summed E-state index contributed by atoms with van der Waals surface area (Å²) in [5.41, 5.74) is 5.52. The second-order valence-corrected chi connectivity index (χ2v) is 6.67. The Morgan fingerprint density at radius 3 is 1.44 bits per heavy atom. The summed E-state index contributed by atoms with van der Waals surface area (Å²) in [5, 5.41) is 0. The van der Waals surface area contributed by atoms with Gasteiger partial charge >= 0.3 is 0 Å². The zero-order valence-corrected chi connectivity index (χ0v) is 22.0. The van der Waals surface area contributed by atoms with Gasteiger partial charge in [0, 0.05) is 12.4 Å². The molecule has 0 aromatic rings. The molecule has 0 aromatic carbocycles. The molecule has 0 saturated heterocycles. The Morgan fingerprint density at radius 1 is 0.529 bits per heavy atom. The molecule has 0 aromatic heterocycles. The van der Waals surface area contributed by atoms with E-state index < -0.39 is 0 Å². The summed E-state index contributed by atoms with van der Waals surface area (Å²) in [4.78, 5) is 9.06. The Hall–Kier alpha value is -3.78. The largest absolute Gasteiger partial charge is 0.256 e. The number of nitrogens with zero attached hydrogens (tertiary/aromatic N) is 2. The van der Waals surface area contributed by atoms with Crippen LogP contribution >= 0.6 is 0 Å². The van der Waals surface area contributed by atoms with Crippen LogP contribution in [0.1, 0.15) is 41.5 Å². The molecule has 0 N–H and O–H groups in total. The van der Waals surface area contributed by atoms with E-state index in [-0.39, 0.29) is 0 Å². The predicted octanol–water partition coefficient (Wildman–Crippen LogP) is 9.56. The minimum Gasteiger partial charge on any atom is -0.256 e. The van der Waals surface area contributed by atoms with Crippen molar-refractivity contribution >= 4 is 12.4 Å². The molecule has 2 heteroatoms. The number of rotatable bonds is 13. The molecule has 0 unspecified atom stereocenters. The van der Waals surface area contributed by atoms with Crippen molar-refractivity contribution in [2.75, 3.05) is 0 Å². The zero-order valence-electron chi connectivity index (χ0n) is 22.0. The van der Waals surface area contributed by atoms with E-state index in [2.05, 4.69) is 36.3 Å². The molecule has 0 heterocycles. The summed E-state index contributed by atoms with van der Waals surface area (Å²) in [7, 11) is 0. The first-order valence-corrected chi connectivity index (χ1v) is 11.5. The van der Waals surface area contributed by atoms with Gasteiger partial charge in [0.1, 0.15) is 0 Å². The van der Waals surface area contributed by atoms with Gasteiger partial charge in [-0.05, 0) is 63.1 Å². The summed E-state index contributed by atoms with van der Waals surface area (Å²) in [5.74, 6) is 0. The SMILES string of the molecule is C=C\C(C)=C/C=C(C=C)/C=N/C(C=C)=C/C=C(\C=C/C)/N=C/C(C=C)=C/C=C(C)\C=C/C.CC. The quantitative estimate of drug-likeness (QED) is 0.195. The maximum absolute atomic E-state index is 4.57. The smallest absolute Gasteiger partial charge is 0.0627 e. The number of aliphatic imine (C=N–C) groups is 2. The maximum atomic E-state index is 4.57. The molecule has 0 aliphatic carbocycles. The third-order valence-corrected chi connectivity index (χ3v) is 4.00. The third kappa shape index (κ3) is 16.9. The van der Waals surface area contributed by atoms with Gasteiger partial charge in [-0.1, -0.05) is 112 Å². The summed E-state index contributed by atoms with van der Waals surface area (Å²) >= 11 is 0. The molecule has 0 bridgehead atoms. The summed E-state index contributed by atoms with van der Waals surface area (Å²) < 4.78 is 0. The van der Waals surface area contributed by atoms with Crippen LogP contribution in [0.2, 0.25) is 0 Å². The van der Waals surface area contributed by atoms with E-state index in [1.165, 1.54) is 0 Å². The lowest BCUT2D eigenvalue weighted by molar-refractivity contribution is 1.38. The Balaban J connectivity index is 0. The molecule has 0 fully saturated rings. The number of allylic oxidation sites excluding steroid dienone is 18. The van der Waals surface area contributed by atoms with E-state index in [0.717, 1.165) is 28.0 Å². The molecule has 0 spiro atoms. The maximum Gasteiger partial charge on any atom is 0.0627 e. The summed E-state index contributed by atoms with van der Waals surface area (Å²) in [6.07, 6.45) is 30.2. The second kappa shape index (κ2) is 22.4. The van der Waals surface area contributed by atoms with E-state index >= 15 is 0 Å². The van der Waals surface area contributed by atoms with Crippen LogP contribution in [-0.2, 0) is 0 Å². The lowest BCUT2D eigenvalue weighted by atomic mass is 10.2. The van der Waals surface area contributed by atoms with Gasteiger partial charge in [0.15, 0.2) is 0 Å². The first-order valence-electron chi connectivity index (χ1n) is 11.5. The van der Waals surface area contributed by atoms with Gasteiger partial charge in [-0.3, -0.25) is 9.98 Å². The molecule has 0 rings (SSSR count). The fourth-order valence-corrected chi connectivity index (χ4v) is 2.11. The standard InChI is InChI=1S/C30H36N2.C2H6/c1-9-15-26(8)18-20-28(13-5)24-32-30(16-10-2)22-21-29(14-6)31-23-27(12-4)19-17-25(7)11-3;1-2/h9-24H,3-6H2,1-2,7-8H3;1-2H3/b15-9-,16-10-,25-17-,26-18-,27-19+,28-20+,29-21+,30-22+,31-23+,32-24+;. The highest BCUT2D eigenvalue weighted by atomic mass is 14.7. The Morgan fingerprint density at radius 2 is 1.00 bits per heavy atom. The highest BCUT2D eigenvalue weighted by Crippen LogP contribution is 2.07. The first-order chi connectivity index (χ1) is 16.4. The van der Waals surface area contributed by atoms with Crippen molar-refractivity contribution in [1.82, 2.24) is 0 Å². The average Bonchev–Trinajstić information content (AvgIpc) is 2.86. The van der Waals surface area contributed by atoms with Crippen LogP contribution in [-0.4, -0.2) is 12.4 Å². The fraction of sp³-hybridized carbons (Fsp3) is 0.188. The van der Waals surface area contributed by atoms with Crippen molar-refractivity contribution < 1.29 is 0 Å². The van der Waals surface area contributed by atoms with Crippen LogP contribution in [0.25, 0.3) is 0 Å². The number of hydrogen-bond donors (Lipinski definition) is 0. The van der Waals surface area contributed by atoms with Crippen LogP contribution in [0.3, 0.4) is 0 Å². The molecular weight excluding hydrogens is 412 g/mol. The van der Waals surface area contributed by atoms with Crippen molar-refractivity contribution in [1.29, 1.82) is 0 Å². The topological polar surface area (TPSA) is 24.7 Å². The summed E-state index contributed by atoms with van der Waals surface area (Å²) in [6, 6.07) is 0. The lowest BCUT2D eigenvalue weighted by Crippen LogP contribution is -1.83. The van der Waals surface area contributed by atoms with Gasteiger partial charge in [0.25, 0.3) is 0 Å².